The fraction of sp³-hybridized carbons (Fsp3) is 0.636. The summed E-state index contributed by atoms with van der Waals surface area (Å²) in [4.78, 5) is 4.03. The number of fused-ring (bicyclic) bond motifs is 1. The van der Waals surface area contributed by atoms with Gasteiger partial charge in [-0.05, 0) is 43.6 Å². The Morgan fingerprint density at radius 3 is 2.71 bits per heavy atom. The number of H-pyrrole nitrogens is 1. The summed E-state index contributed by atoms with van der Waals surface area (Å²) in [6.07, 6.45) is 8.53. The maximum Gasteiger partial charge on any atom is 0.215 e. The Balaban J connectivity index is 1.56. The maximum atomic E-state index is 14.3. The molecule has 0 aliphatic heterocycles. The van der Waals surface area contributed by atoms with Crippen LogP contribution in [0.1, 0.15) is 63.6 Å². The number of hydrogen-bond acceptors (Lipinski definition) is 4. The summed E-state index contributed by atoms with van der Waals surface area (Å²) < 4.78 is 14.3. The third kappa shape index (κ3) is 3.93. The molecule has 0 unspecified atom stereocenters. The Bertz CT molecular complexity index is 839. The van der Waals surface area contributed by atoms with Crippen LogP contribution in [0.2, 0.25) is 0 Å². The molecule has 4 rings (SSSR count). The van der Waals surface area contributed by atoms with Crippen LogP contribution >= 0.6 is 0 Å². The topological polar surface area (TPSA) is 73.8 Å². The third-order valence-corrected chi connectivity index (χ3v) is 6.62. The number of halogens is 1. The van der Waals surface area contributed by atoms with Crippen molar-refractivity contribution in [2.24, 2.45) is 10.8 Å². The average Bonchev–Trinajstić information content (AvgIpc) is 3.08. The van der Waals surface area contributed by atoms with Gasteiger partial charge >= 0.3 is 0 Å². The van der Waals surface area contributed by atoms with Gasteiger partial charge in [0.2, 0.25) is 5.95 Å². The van der Waals surface area contributed by atoms with Crippen molar-refractivity contribution >= 4 is 5.82 Å². The summed E-state index contributed by atoms with van der Waals surface area (Å²) in [6, 6.07) is 3.34. The Kier molecular flexibility index (Phi) is 5.17. The zero-order valence-electron chi connectivity index (χ0n) is 16.9. The van der Waals surface area contributed by atoms with Crippen LogP contribution in [0.15, 0.2) is 12.1 Å². The van der Waals surface area contributed by atoms with Crippen molar-refractivity contribution in [2.45, 2.75) is 65.2 Å². The molecule has 0 bridgehead atoms. The molecule has 1 fully saturated rings. The molecule has 0 spiro atoms. The van der Waals surface area contributed by atoms with Gasteiger partial charge in [0.25, 0.3) is 0 Å². The van der Waals surface area contributed by atoms with Crippen LogP contribution in [0.3, 0.4) is 0 Å². The predicted octanol–water partition coefficient (Wildman–Crippen LogP) is 4.48. The molecule has 2 aromatic heterocycles. The standard InChI is InChI=1S/C22H31FN4O/c1-21(2)9-6-16-17(12-21)26-27-20(16)15-10-18(23)25-19(11-15)24-13-22(14-28)7-4-3-5-8-22/h10-11,28H,3-9,12-14H2,1-2H3,(H,24,25)(H,26,27). The SMILES string of the molecule is CC1(C)CCc2c(-c3cc(F)nc(NCC4(CO)CCCCC4)c3)n[nH]c2C1. The quantitative estimate of drug-likeness (QED) is 0.663. The lowest BCUT2D eigenvalue weighted by molar-refractivity contribution is 0.0943. The van der Waals surface area contributed by atoms with E-state index in [-0.39, 0.29) is 17.4 Å². The van der Waals surface area contributed by atoms with E-state index in [4.69, 9.17) is 0 Å². The van der Waals surface area contributed by atoms with Crippen molar-refractivity contribution in [3.05, 3.63) is 29.3 Å². The molecule has 28 heavy (non-hydrogen) atoms. The number of nitrogens with zero attached hydrogens (tertiary/aromatic N) is 2. The number of hydrogen-bond donors (Lipinski definition) is 3. The van der Waals surface area contributed by atoms with Crippen molar-refractivity contribution in [1.82, 2.24) is 15.2 Å². The van der Waals surface area contributed by atoms with E-state index in [2.05, 4.69) is 34.3 Å². The molecular weight excluding hydrogens is 355 g/mol. The molecule has 0 amide bonds. The molecule has 0 aromatic carbocycles. The largest absolute Gasteiger partial charge is 0.396 e. The maximum absolute atomic E-state index is 14.3. The molecule has 1 saturated carbocycles. The highest BCUT2D eigenvalue weighted by Crippen LogP contribution is 2.39. The average molecular weight is 387 g/mol. The molecule has 2 aliphatic rings. The number of anilines is 1. The highest BCUT2D eigenvalue weighted by molar-refractivity contribution is 5.67. The molecule has 2 heterocycles. The van der Waals surface area contributed by atoms with Gasteiger partial charge in [-0.3, -0.25) is 5.10 Å². The van der Waals surface area contributed by atoms with Crippen LogP contribution in [-0.4, -0.2) is 33.4 Å². The van der Waals surface area contributed by atoms with Gasteiger partial charge in [0.1, 0.15) is 5.82 Å². The lowest BCUT2D eigenvalue weighted by atomic mass is 9.74. The second-order valence-electron chi connectivity index (χ2n) is 9.51. The Morgan fingerprint density at radius 2 is 1.96 bits per heavy atom. The second-order valence-corrected chi connectivity index (χ2v) is 9.51. The Morgan fingerprint density at radius 1 is 1.18 bits per heavy atom. The normalized spacial score (nSPS) is 20.6. The van der Waals surface area contributed by atoms with Gasteiger partial charge in [-0.1, -0.05) is 33.1 Å². The van der Waals surface area contributed by atoms with Crippen LogP contribution in [0.5, 0.6) is 0 Å². The van der Waals surface area contributed by atoms with Crippen molar-refractivity contribution in [2.75, 3.05) is 18.5 Å². The van der Waals surface area contributed by atoms with Crippen LogP contribution < -0.4 is 5.32 Å². The monoisotopic (exact) mass is 386 g/mol. The molecule has 0 saturated heterocycles. The summed E-state index contributed by atoms with van der Waals surface area (Å²) in [5.74, 6) is 0.0101. The van der Waals surface area contributed by atoms with Gasteiger partial charge in [0, 0.05) is 34.8 Å². The first kappa shape index (κ1) is 19.4. The van der Waals surface area contributed by atoms with Crippen LogP contribution in [0, 0.1) is 16.8 Å². The smallest absolute Gasteiger partial charge is 0.215 e. The number of aliphatic hydroxyl groups is 1. The van der Waals surface area contributed by atoms with Gasteiger partial charge in [0.15, 0.2) is 0 Å². The second kappa shape index (κ2) is 7.47. The van der Waals surface area contributed by atoms with Gasteiger partial charge < -0.3 is 10.4 Å². The molecule has 6 heteroatoms. The molecule has 0 atom stereocenters. The molecule has 5 nitrogen and oxygen atoms in total. The highest BCUT2D eigenvalue weighted by Gasteiger charge is 2.32. The van der Waals surface area contributed by atoms with E-state index >= 15 is 0 Å². The van der Waals surface area contributed by atoms with Gasteiger partial charge in [-0.25, -0.2) is 4.98 Å². The van der Waals surface area contributed by atoms with E-state index in [0.29, 0.717) is 12.4 Å². The van der Waals surface area contributed by atoms with Crippen LogP contribution in [-0.2, 0) is 12.8 Å². The number of pyridine rings is 1. The summed E-state index contributed by atoms with van der Waals surface area (Å²) in [6.45, 7) is 5.32. The number of rotatable bonds is 5. The fourth-order valence-corrected chi connectivity index (χ4v) is 4.78. The Labute approximate surface area is 166 Å². The lowest BCUT2D eigenvalue weighted by Crippen LogP contribution is -2.35. The number of aliphatic hydroxyl groups excluding tert-OH is 1. The molecular formula is C22H31FN4O. The summed E-state index contributed by atoms with van der Waals surface area (Å²) in [7, 11) is 0. The lowest BCUT2D eigenvalue weighted by Gasteiger charge is -2.35. The van der Waals surface area contributed by atoms with E-state index in [9.17, 15) is 9.50 Å². The van der Waals surface area contributed by atoms with E-state index in [1.54, 1.807) is 0 Å². The summed E-state index contributed by atoms with van der Waals surface area (Å²) in [5, 5.41) is 20.9. The minimum atomic E-state index is -0.505. The summed E-state index contributed by atoms with van der Waals surface area (Å²) in [5.41, 5.74) is 4.11. The molecule has 2 aromatic rings. The molecule has 2 aliphatic carbocycles. The van der Waals surface area contributed by atoms with Crippen molar-refractivity contribution in [3.8, 4) is 11.3 Å². The van der Waals surface area contributed by atoms with Crippen molar-refractivity contribution in [3.63, 3.8) is 0 Å². The van der Waals surface area contributed by atoms with E-state index in [1.165, 1.54) is 23.7 Å². The third-order valence-electron chi connectivity index (χ3n) is 6.62. The number of nitrogens with one attached hydrogen (secondary N) is 2. The number of aromatic amines is 1. The first-order chi connectivity index (χ1) is 13.4. The summed E-state index contributed by atoms with van der Waals surface area (Å²) >= 11 is 0. The predicted molar refractivity (Wildman–Crippen MR) is 109 cm³/mol. The van der Waals surface area contributed by atoms with Gasteiger partial charge in [-0.15, -0.1) is 0 Å². The zero-order chi connectivity index (χ0) is 19.8. The van der Waals surface area contributed by atoms with Gasteiger partial charge in [0.05, 0.1) is 12.3 Å². The van der Waals surface area contributed by atoms with Crippen LogP contribution in [0.25, 0.3) is 11.3 Å². The minimum Gasteiger partial charge on any atom is -0.396 e. The molecule has 3 N–H and O–H groups in total. The Hall–Kier alpha value is -1.95. The van der Waals surface area contributed by atoms with E-state index < -0.39 is 5.95 Å². The highest BCUT2D eigenvalue weighted by atomic mass is 19.1. The molecule has 0 radical (unpaired) electrons. The fourth-order valence-electron chi connectivity index (χ4n) is 4.78. The molecule has 152 valence electrons. The first-order valence-corrected chi connectivity index (χ1v) is 10.5. The first-order valence-electron chi connectivity index (χ1n) is 10.5. The minimum absolute atomic E-state index is 0.122. The van der Waals surface area contributed by atoms with E-state index in [0.717, 1.165) is 56.2 Å². The van der Waals surface area contributed by atoms with Crippen LogP contribution in [0.4, 0.5) is 10.2 Å². The van der Waals surface area contributed by atoms with E-state index in [1.807, 2.05) is 6.07 Å². The van der Waals surface area contributed by atoms with Crippen molar-refractivity contribution < 1.29 is 9.50 Å². The number of aromatic nitrogens is 3. The van der Waals surface area contributed by atoms with Gasteiger partial charge in [-0.2, -0.15) is 9.49 Å². The zero-order valence-corrected chi connectivity index (χ0v) is 16.9. The van der Waals surface area contributed by atoms with Crippen molar-refractivity contribution in [1.29, 1.82) is 0 Å².